The molecule has 1 N–H and O–H groups in total. The Balaban J connectivity index is 2.76. The number of rotatable bonds is 3. The van der Waals surface area contributed by atoms with Crippen LogP contribution in [0.4, 0.5) is 0 Å². The maximum atomic E-state index is 11.6. The molecule has 1 saturated carbocycles. The molecule has 0 saturated heterocycles. The third-order valence-electron chi connectivity index (χ3n) is 3.59. The van der Waals surface area contributed by atoms with Crippen molar-refractivity contribution in [2.24, 2.45) is 11.3 Å². The van der Waals surface area contributed by atoms with Crippen molar-refractivity contribution in [2.45, 2.75) is 59.4 Å². The zero-order chi connectivity index (χ0) is 12.4. The summed E-state index contributed by atoms with van der Waals surface area (Å²) in [5.41, 5.74) is 0.182. The molecular formula is C12H25NO2S. The molecular weight excluding hydrogens is 222 g/mol. The van der Waals surface area contributed by atoms with Crippen molar-refractivity contribution in [1.29, 1.82) is 0 Å². The summed E-state index contributed by atoms with van der Waals surface area (Å²) in [6.07, 6.45) is 4.50. The number of hydrogen-bond acceptors (Lipinski definition) is 2. The second kappa shape index (κ2) is 5.05. The first-order chi connectivity index (χ1) is 7.26. The number of nitrogens with one attached hydrogen (secondary N) is 1. The van der Waals surface area contributed by atoms with Crippen molar-refractivity contribution in [3.63, 3.8) is 0 Å². The van der Waals surface area contributed by atoms with Crippen molar-refractivity contribution in [3.05, 3.63) is 0 Å². The zero-order valence-electron chi connectivity index (χ0n) is 10.9. The van der Waals surface area contributed by atoms with Crippen LogP contribution in [-0.4, -0.2) is 20.2 Å². The molecule has 2 unspecified atom stereocenters. The molecule has 3 nitrogen and oxygen atoms in total. The van der Waals surface area contributed by atoms with Crippen LogP contribution in [0.3, 0.4) is 0 Å². The van der Waals surface area contributed by atoms with E-state index in [1.54, 1.807) is 6.92 Å². The van der Waals surface area contributed by atoms with Crippen molar-refractivity contribution in [2.75, 3.05) is 5.75 Å². The van der Waals surface area contributed by atoms with Crippen LogP contribution in [0.5, 0.6) is 0 Å². The van der Waals surface area contributed by atoms with Gasteiger partial charge < -0.3 is 0 Å². The summed E-state index contributed by atoms with van der Waals surface area (Å²) in [5.74, 6) is 0.642. The molecule has 2 atom stereocenters. The van der Waals surface area contributed by atoms with E-state index >= 15 is 0 Å². The summed E-state index contributed by atoms with van der Waals surface area (Å²) in [7, 11) is -3.06. The highest BCUT2D eigenvalue weighted by Crippen LogP contribution is 2.38. The predicted molar refractivity (Wildman–Crippen MR) is 67.8 cm³/mol. The van der Waals surface area contributed by atoms with Crippen molar-refractivity contribution < 1.29 is 8.42 Å². The minimum absolute atomic E-state index is 0.138. The van der Waals surface area contributed by atoms with Crippen LogP contribution in [0, 0.1) is 11.3 Å². The molecule has 1 rings (SSSR count). The van der Waals surface area contributed by atoms with Gasteiger partial charge in [0.2, 0.25) is 10.0 Å². The normalized spacial score (nSPS) is 28.0. The van der Waals surface area contributed by atoms with E-state index in [-0.39, 0.29) is 17.2 Å². The molecule has 1 fully saturated rings. The van der Waals surface area contributed by atoms with E-state index in [0.29, 0.717) is 5.92 Å². The van der Waals surface area contributed by atoms with E-state index in [1.165, 1.54) is 6.42 Å². The fourth-order valence-electron chi connectivity index (χ4n) is 2.62. The van der Waals surface area contributed by atoms with Crippen molar-refractivity contribution in [1.82, 2.24) is 4.72 Å². The van der Waals surface area contributed by atoms with Gasteiger partial charge in [-0.2, -0.15) is 0 Å². The van der Waals surface area contributed by atoms with Gasteiger partial charge in [-0.25, -0.2) is 13.1 Å². The first-order valence-electron chi connectivity index (χ1n) is 6.26. The summed E-state index contributed by atoms with van der Waals surface area (Å²) in [6, 6.07) is 0.138. The van der Waals surface area contributed by atoms with Crippen LogP contribution in [0.25, 0.3) is 0 Å². The second-order valence-corrected chi connectivity index (χ2v) is 7.93. The average Bonchev–Trinajstić information content (AvgIpc) is 2.16. The molecule has 0 aromatic heterocycles. The fraction of sp³-hybridized carbons (Fsp3) is 1.00. The third-order valence-corrected chi connectivity index (χ3v) is 5.01. The Morgan fingerprint density at radius 2 is 1.75 bits per heavy atom. The van der Waals surface area contributed by atoms with Gasteiger partial charge in [-0.3, -0.25) is 0 Å². The highest BCUT2D eigenvalue weighted by Gasteiger charge is 2.35. The molecule has 0 aromatic carbocycles. The Labute approximate surface area is 100 Å². The van der Waals surface area contributed by atoms with E-state index < -0.39 is 10.0 Å². The monoisotopic (exact) mass is 247 g/mol. The summed E-state index contributed by atoms with van der Waals surface area (Å²) < 4.78 is 26.1. The minimum atomic E-state index is -3.06. The Kier molecular flexibility index (Phi) is 4.41. The molecule has 0 radical (unpaired) electrons. The van der Waals surface area contributed by atoms with Crippen LogP contribution < -0.4 is 4.72 Å². The van der Waals surface area contributed by atoms with Gasteiger partial charge >= 0.3 is 0 Å². The van der Waals surface area contributed by atoms with Crippen molar-refractivity contribution in [3.8, 4) is 0 Å². The minimum Gasteiger partial charge on any atom is -0.212 e. The molecule has 96 valence electrons. The molecule has 16 heavy (non-hydrogen) atoms. The molecule has 1 aliphatic carbocycles. The lowest BCUT2D eigenvalue weighted by molar-refractivity contribution is 0.144. The van der Waals surface area contributed by atoms with E-state index in [2.05, 4.69) is 25.5 Å². The van der Waals surface area contributed by atoms with Gasteiger partial charge in [0.1, 0.15) is 0 Å². The molecule has 1 aliphatic rings. The highest BCUT2D eigenvalue weighted by atomic mass is 32.2. The summed E-state index contributed by atoms with van der Waals surface area (Å²) in [5, 5.41) is 0. The summed E-state index contributed by atoms with van der Waals surface area (Å²) in [4.78, 5) is 0. The Morgan fingerprint density at radius 3 is 2.25 bits per heavy atom. The molecule has 4 heteroatoms. The lowest BCUT2D eigenvalue weighted by Crippen LogP contribution is -2.47. The average molecular weight is 247 g/mol. The molecule has 0 aliphatic heterocycles. The first-order valence-corrected chi connectivity index (χ1v) is 7.91. The van der Waals surface area contributed by atoms with Crippen LogP contribution in [0.2, 0.25) is 0 Å². The third kappa shape index (κ3) is 3.74. The lowest BCUT2D eigenvalue weighted by atomic mass is 9.70. The number of hydrogen-bond donors (Lipinski definition) is 1. The first kappa shape index (κ1) is 14.0. The quantitative estimate of drug-likeness (QED) is 0.833. The Hall–Kier alpha value is -0.0900. The van der Waals surface area contributed by atoms with E-state index in [0.717, 1.165) is 19.3 Å². The standard InChI is InChI=1S/C12H25NO2S/c1-5-16(14,15)13-11-9-7-6-8-10(11)12(2,3)4/h10-11,13H,5-9H2,1-4H3. The molecule has 0 spiro atoms. The van der Waals surface area contributed by atoms with Gasteiger partial charge in [0.05, 0.1) is 5.75 Å². The van der Waals surface area contributed by atoms with Crippen LogP contribution in [-0.2, 0) is 10.0 Å². The van der Waals surface area contributed by atoms with Gasteiger partial charge in [0.15, 0.2) is 0 Å². The molecule has 0 bridgehead atoms. The molecule has 0 aromatic rings. The second-order valence-electron chi connectivity index (χ2n) is 5.88. The van der Waals surface area contributed by atoms with Gasteiger partial charge in [-0.1, -0.05) is 33.6 Å². The lowest BCUT2D eigenvalue weighted by Gasteiger charge is -2.40. The van der Waals surface area contributed by atoms with E-state index in [9.17, 15) is 8.42 Å². The fourth-order valence-corrected chi connectivity index (χ4v) is 3.53. The van der Waals surface area contributed by atoms with E-state index in [1.807, 2.05) is 0 Å². The van der Waals surface area contributed by atoms with Crippen LogP contribution in [0.15, 0.2) is 0 Å². The Morgan fingerprint density at radius 1 is 1.19 bits per heavy atom. The van der Waals surface area contributed by atoms with Crippen molar-refractivity contribution >= 4 is 10.0 Å². The summed E-state index contributed by atoms with van der Waals surface area (Å²) >= 11 is 0. The largest absolute Gasteiger partial charge is 0.212 e. The molecule has 0 heterocycles. The van der Waals surface area contributed by atoms with Gasteiger partial charge in [-0.15, -0.1) is 0 Å². The molecule has 0 amide bonds. The smallest absolute Gasteiger partial charge is 0.211 e. The van der Waals surface area contributed by atoms with Crippen LogP contribution in [0.1, 0.15) is 53.4 Å². The van der Waals surface area contributed by atoms with E-state index in [4.69, 9.17) is 0 Å². The number of sulfonamides is 1. The maximum absolute atomic E-state index is 11.6. The predicted octanol–water partition coefficient (Wildman–Crippen LogP) is 2.53. The maximum Gasteiger partial charge on any atom is 0.211 e. The highest BCUT2D eigenvalue weighted by molar-refractivity contribution is 7.89. The topological polar surface area (TPSA) is 46.2 Å². The SMILES string of the molecule is CCS(=O)(=O)NC1CCCCC1C(C)(C)C. The zero-order valence-corrected chi connectivity index (χ0v) is 11.7. The van der Waals surface area contributed by atoms with Gasteiger partial charge in [-0.05, 0) is 31.1 Å². The van der Waals surface area contributed by atoms with Gasteiger partial charge in [0, 0.05) is 6.04 Å². The van der Waals surface area contributed by atoms with Gasteiger partial charge in [0.25, 0.3) is 0 Å². The van der Waals surface area contributed by atoms with Crippen LogP contribution >= 0.6 is 0 Å². The Bertz CT molecular complexity index is 316. The summed E-state index contributed by atoms with van der Waals surface area (Å²) in [6.45, 7) is 8.31.